The molecule has 3 heteroatoms. The molecule has 2 N–H and O–H groups in total. The minimum atomic E-state index is 0.544. The van der Waals surface area contributed by atoms with Gasteiger partial charge < -0.3 is 5.73 Å². The third-order valence-electron chi connectivity index (χ3n) is 1.22. The van der Waals surface area contributed by atoms with Crippen molar-refractivity contribution in [2.45, 2.75) is 0 Å². The van der Waals surface area contributed by atoms with Gasteiger partial charge in [0.15, 0.2) is 0 Å². The molecule has 3 nitrogen and oxygen atoms in total. The highest BCUT2D eigenvalue weighted by Gasteiger charge is 1.92. The second-order valence-corrected chi connectivity index (χ2v) is 1.84. The molecule has 10 heavy (non-hydrogen) atoms. The second-order valence-electron chi connectivity index (χ2n) is 1.84. The Morgan fingerprint density at radius 3 is 2.60 bits per heavy atom. The third kappa shape index (κ3) is 1.31. The molecule has 0 radical (unpaired) electrons. The Morgan fingerprint density at radius 1 is 1.50 bits per heavy atom. The number of pyridine rings is 1. The molecular weight excluding hydrogens is 126 g/mol. The lowest BCUT2D eigenvalue weighted by molar-refractivity contribution is 1.30. The van der Waals surface area contributed by atoms with Gasteiger partial charge >= 0.3 is 0 Å². The van der Waals surface area contributed by atoms with E-state index in [-0.39, 0.29) is 0 Å². The largest absolute Gasteiger partial charge is 0.384 e. The first-order chi connectivity index (χ1) is 4.84. The van der Waals surface area contributed by atoms with Crippen LogP contribution in [0, 0.1) is 0 Å². The topological polar surface area (TPSA) is 51.3 Å². The molecule has 0 spiro atoms. The number of rotatable bonds is 1. The van der Waals surface area contributed by atoms with Crippen LogP contribution in [-0.4, -0.2) is 17.9 Å². The van der Waals surface area contributed by atoms with E-state index in [1.807, 2.05) is 12.1 Å². The van der Waals surface area contributed by atoms with Gasteiger partial charge in [0, 0.05) is 25.0 Å². The number of nitrogens with zero attached hydrogens (tertiary/aromatic N) is 2. The molecule has 1 aromatic rings. The minimum Gasteiger partial charge on any atom is -0.384 e. The second kappa shape index (κ2) is 2.96. The fourth-order valence-corrected chi connectivity index (χ4v) is 0.652. The molecule has 0 atom stereocenters. The van der Waals surface area contributed by atoms with Crippen LogP contribution in [0.5, 0.6) is 0 Å². The Balaban J connectivity index is 2.96. The number of nitrogens with two attached hydrogens (primary N) is 1. The summed E-state index contributed by atoms with van der Waals surface area (Å²) >= 11 is 0. The van der Waals surface area contributed by atoms with Crippen molar-refractivity contribution < 1.29 is 0 Å². The molecule has 1 heterocycles. The van der Waals surface area contributed by atoms with E-state index in [1.54, 1.807) is 19.4 Å². The van der Waals surface area contributed by atoms with Crippen molar-refractivity contribution in [3.63, 3.8) is 0 Å². The fraction of sp³-hybridized carbons (Fsp3) is 0.143. The summed E-state index contributed by atoms with van der Waals surface area (Å²) < 4.78 is 0. The molecule has 0 aliphatic carbocycles. The van der Waals surface area contributed by atoms with E-state index in [0.717, 1.165) is 5.56 Å². The molecule has 0 fully saturated rings. The van der Waals surface area contributed by atoms with E-state index < -0.39 is 0 Å². The van der Waals surface area contributed by atoms with Crippen molar-refractivity contribution in [1.82, 2.24) is 4.98 Å². The highest BCUT2D eigenvalue weighted by atomic mass is 14.8. The van der Waals surface area contributed by atoms with Gasteiger partial charge in [-0.1, -0.05) is 0 Å². The Bertz CT molecular complexity index is 228. The van der Waals surface area contributed by atoms with Crippen LogP contribution in [0.2, 0.25) is 0 Å². The van der Waals surface area contributed by atoms with E-state index >= 15 is 0 Å². The summed E-state index contributed by atoms with van der Waals surface area (Å²) in [6.07, 6.45) is 3.38. The number of amidine groups is 1. The van der Waals surface area contributed by atoms with Gasteiger partial charge in [-0.3, -0.25) is 9.98 Å². The molecule has 1 rings (SSSR count). The van der Waals surface area contributed by atoms with Gasteiger partial charge in [0.1, 0.15) is 5.84 Å². The van der Waals surface area contributed by atoms with Crippen LogP contribution in [0.4, 0.5) is 0 Å². The molecule has 0 saturated carbocycles. The summed E-state index contributed by atoms with van der Waals surface area (Å²) in [5, 5.41) is 0. The Labute approximate surface area is 59.6 Å². The van der Waals surface area contributed by atoms with Crippen molar-refractivity contribution >= 4 is 5.84 Å². The van der Waals surface area contributed by atoms with Gasteiger partial charge in [-0.2, -0.15) is 0 Å². The van der Waals surface area contributed by atoms with Crippen molar-refractivity contribution in [1.29, 1.82) is 0 Å². The van der Waals surface area contributed by atoms with E-state index in [9.17, 15) is 0 Å². The van der Waals surface area contributed by atoms with Gasteiger partial charge in [-0.15, -0.1) is 0 Å². The summed E-state index contributed by atoms with van der Waals surface area (Å²) in [5.74, 6) is 0.544. The smallest absolute Gasteiger partial charge is 0.125 e. The van der Waals surface area contributed by atoms with Crippen LogP contribution in [0.1, 0.15) is 5.56 Å². The summed E-state index contributed by atoms with van der Waals surface area (Å²) in [6.45, 7) is 0. The summed E-state index contributed by atoms with van der Waals surface area (Å²) in [7, 11) is 1.66. The predicted molar refractivity (Wildman–Crippen MR) is 40.9 cm³/mol. The highest BCUT2D eigenvalue weighted by molar-refractivity contribution is 5.97. The van der Waals surface area contributed by atoms with Gasteiger partial charge in [-0.05, 0) is 12.1 Å². The summed E-state index contributed by atoms with van der Waals surface area (Å²) in [5.41, 5.74) is 6.43. The van der Waals surface area contributed by atoms with Gasteiger partial charge in [-0.25, -0.2) is 0 Å². The van der Waals surface area contributed by atoms with E-state index in [4.69, 9.17) is 5.73 Å². The van der Waals surface area contributed by atoms with E-state index in [0.29, 0.717) is 5.84 Å². The first-order valence-corrected chi connectivity index (χ1v) is 2.97. The zero-order valence-electron chi connectivity index (χ0n) is 5.78. The Morgan fingerprint density at radius 2 is 2.10 bits per heavy atom. The normalized spacial score (nSPS) is 11.5. The summed E-state index contributed by atoms with van der Waals surface area (Å²) in [6, 6.07) is 3.64. The van der Waals surface area contributed by atoms with Gasteiger partial charge in [0.25, 0.3) is 0 Å². The predicted octanol–water partition coefficient (Wildman–Crippen LogP) is 0.417. The molecule has 0 aliphatic heterocycles. The molecule has 0 unspecified atom stereocenters. The molecule has 0 saturated heterocycles. The van der Waals surface area contributed by atoms with Crippen molar-refractivity contribution in [2.75, 3.05) is 7.05 Å². The quantitative estimate of drug-likeness (QED) is 0.448. The molecule has 0 bridgehead atoms. The lowest BCUT2D eigenvalue weighted by Gasteiger charge is -1.95. The minimum absolute atomic E-state index is 0.544. The van der Waals surface area contributed by atoms with Crippen LogP contribution in [0.3, 0.4) is 0 Å². The van der Waals surface area contributed by atoms with Crippen molar-refractivity contribution in [3.8, 4) is 0 Å². The Hall–Kier alpha value is -1.38. The average Bonchev–Trinajstić information content (AvgIpc) is 2.05. The zero-order valence-corrected chi connectivity index (χ0v) is 5.78. The summed E-state index contributed by atoms with van der Waals surface area (Å²) in [4.78, 5) is 7.68. The first-order valence-electron chi connectivity index (χ1n) is 2.97. The molecule has 0 amide bonds. The number of aromatic nitrogens is 1. The van der Waals surface area contributed by atoms with E-state index in [2.05, 4.69) is 9.98 Å². The molecule has 0 aliphatic rings. The number of hydrogen-bond acceptors (Lipinski definition) is 2. The highest BCUT2D eigenvalue weighted by Crippen LogP contribution is 1.93. The fourth-order valence-electron chi connectivity index (χ4n) is 0.652. The standard InChI is InChI=1S/C7H9N3/c1-9-7(8)6-2-4-10-5-3-6/h2-5H,1H3,(H2,8,9). The molecule has 0 aromatic carbocycles. The third-order valence-corrected chi connectivity index (χ3v) is 1.22. The van der Waals surface area contributed by atoms with Gasteiger partial charge in [0.2, 0.25) is 0 Å². The van der Waals surface area contributed by atoms with Crippen LogP contribution in [0.15, 0.2) is 29.5 Å². The van der Waals surface area contributed by atoms with Crippen molar-refractivity contribution in [2.24, 2.45) is 10.7 Å². The Kier molecular flexibility index (Phi) is 1.99. The molecule has 52 valence electrons. The van der Waals surface area contributed by atoms with Crippen LogP contribution < -0.4 is 5.73 Å². The van der Waals surface area contributed by atoms with Crippen molar-refractivity contribution in [3.05, 3.63) is 30.1 Å². The van der Waals surface area contributed by atoms with Crippen LogP contribution >= 0.6 is 0 Å². The first kappa shape index (κ1) is 6.74. The van der Waals surface area contributed by atoms with Crippen LogP contribution in [0.25, 0.3) is 0 Å². The zero-order chi connectivity index (χ0) is 7.40. The lowest BCUT2D eigenvalue weighted by Crippen LogP contribution is -2.12. The van der Waals surface area contributed by atoms with Gasteiger partial charge in [0.05, 0.1) is 0 Å². The lowest BCUT2D eigenvalue weighted by atomic mass is 10.2. The monoisotopic (exact) mass is 135 g/mol. The van der Waals surface area contributed by atoms with E-state index in [1.165, 1.54) is 0 Å². The number of aliphatic imine (C=N–C) groups is 1. The van der Waals surface area contributed by atoms with Crippen LogP contribution in [-0.2, 0) is 0 Å². The maximum atomic E-state index is 5.52. The number of hydrogen-bond donors (Lipinski definition) is 1. The average molecular weight is 135 g/mol. The maximum Gasteiger partial charge on any atom is 0.125 e. The maximum absolute atomic E-state index is 5.52. The molecular formula is C7H9N3. The molecule has 1 aromatic heterocycles. The SMILES string of the molecule is CN=C(N)c1ccncc1.